The maximum Gasteiger partial charge on any atom is 0.272 e. The zero-order valence-corrected chi connectivity index (χ0v) is 28.8. The van der Waals surface area contributed by atoms with E-state index >= 15 is 0 Å². The maximum atomic E-state index is 14.2. The number of nitrogens with one attached hydrogen (secondary N) is 1. The van der Waals surface area contributed by atoms with Gasteiger partial charge in [0.15, 0.2) is 8.32 Å². The molecule has 0 fully saturated rings. The van der Waals surface area contributed by atoms with Crippen LogP contribution in [0.2, 0.25) is 18.1 Å². The predicted octanol–water partition coefficient (Wildman–Crippen LogP) is 8.01. The van der Waals surface area contributed by atoms with Crippen LogP contribution in [0.15, 0.2) is 73.1 Å². The summed E-state index contributed by atoms with van der Waals surface area (Å²) in [5.41, 5.74) is 7.26. The van der Waals surface area contributed by atoms with E-state index in [1.54, 1.807) is 6.20 Å². The molecule has 1 amide bonds. The molecule has 3 aromatic heterocycles. The van der Waals surface area contributed by atoms with Gasteiger partial charge in [-0.15, -0.1) is 0 Å². The number of amides is 1. The zero-order chi connectivity index (χ0) is 32.6. The first kappa shape index (κ1) is 31.8. The van der Waals surface area contributed by atoms with Gasteiger partial charge in [-0.3, -0.25) is 9.48 Å². The van der Waals surface area contributed by atoms with Crippen LogP contribution in [0.25, 0.3) is 33.4 Å². The molecular weight excluding hydrogens is 591 g/mol. The third-order valence-electron chi connectivity index (χ3n) is 9.82. The van der Waals surface area contributed by atoms with Crippen molar-refractivity contribution in [1.82, 2.24) is 24.6 Å². The second kappa shape index (κ2) is 12.5. The summed E-state index contributed by atoms with van der Waals surface area (Å²) in [6.45, 7) is 15.0. The highest BCUT2D eigenvalue weighted by molar-refractivity contribution is 6.72. The van der Waals surface area contributed by atoms with Gasteiger partial charge in [0.25, 0.3) is 5.91 Å². The Morgan fingerprint density at radius 1 is 1.02 bits per heavy atom. The quantitative estimate of drug-likeness (QED) is 0.143. The topological polar surface area (TPSA) is 96.3 Å². The van der Waals surface area contributed by atoms with Crippen molar-refractivity contribution < 1.29 is 14.3 Å². The van der Waals surface area contributed by atoms with Gasteiger partial charge in [-0.05, 0) is 77.8 Å². The summed E-state index contributed by atoms with van der Waals surface area (Å²) < 4.78 is 8.03. The number of hydrogen-bond acceptors (Lipinski definition) is 5. The second-order valence-corrected chi connectivity index (χ2v) is 18.4. The Morgan fingerprint density at radius 2 is 1.76 bits per heavy atom. The Kier molecular flexibility index (Phi) is 8.65. The van der Waals surface area contributed by atoms with Crippen LogP contribution in [-0.2, 0) is 13.2 Å². The van der Waals surface area contributed by atoms with Crippen LogP contribution >= 0.6 is 0 Å². The average Bonchev–Trinajstić information content (AvgIpc) is 3.67. The van der Waals surface area contributed by atoms with Gasteiger partial charge in [0, 0.05) is 42.0 Å². The fraction of sp³-hybridized carbons (Fsp3) is 0.378. The van der Waals surface area contributed by atoms with Gasteiger partial charge >= 0.3 is 0 Å². The molecule has 0 spiro atoms. The van der Waals surface area contributed by atoms with Gasteiger partial charge in [-0.1, -0.05) is 64.1 Å². The highest BCUT2D eigenvalue weighted by Gasteiger charge is 2.38. The molecule has 9 heteroatoms. The number of carbonyl (C=O) groups excluding carboxylic acids is 1. The van der Waals surface area contributed by atoms with Crippen molar-refractivity contribution in [3.63, 3.8) is 0 Å². The van der Waals surface area contributed by atoms with E-state index in [0.29, 0.717) is 37.9 Å². The zero-order valence-electron chi connectivity index (χ0n) is 27.8. The fourth-order valence-electron chi connectivity index (χ4n) is 6.05. The molecule has 0 saturated carbocycles. The smallest absolute Gasteiger partial charge is 0.272 e. The van der Waals surface area contributed by atoms with E-state index in [2.05, 4.69) is 61.9 Å². The molecule has 2 N–H and O–H groups in total. The minimum Gasteiger partial charge on any atom is -0.489 e. The Labute approximate surface area is 272 Å². The Hall–Kier alpha value is -4.21. The standard InChI is InChI=1S/C37H45N5O3Si/c1-25(2)27-10-8-26(9-11-27)24-45-29-14-12-28(13-15-29)32-33(30-16-19-38-35-31(30)17-20-39-35)40-42-23-22-41(36(43)34(32)42)21-7-18-37(3,4)46(5,6)44/h8-17,19-20,25,44H,7,18,21-24H2,1-6H3,(H,38,39). The molecule has 1 aliphatic heterocycles. The van der Waals surface area contributed by atoms with Crippen LogP contribution in [0.1, 0.15) is 68.1 Å². The Balaban J connectivity index is 1.30. The molecule has 240 valence electrons. The normalized spacial score (nSPS) is 13.9. The van der Waals surface area contributed by atoms with Crippen LogP contribution in [0, 0.1) is 0 Å². The van der Waals surface area contributed by atoms with E-state index in [1.165, 1.54) is 5.56 Å². The predicted molar refractivity (Wildman–Crippen MR) is 186 cm³/mol. The molecule has 8 nitrogen and oxygen atoms in total. The lowest BCUT2D eigenvalue weighted by Crippen LogP contribution is -2.42. The number of benzene rings is 2. The summed E-state index contributed by atoms with van der Waals surface area (Å²) in [6, 6.07) is 20.5. The number of fused-ring (bicyclic) bond motifs is 2. The van der Waals surface area contributed by atoms with Gasteiger partial charge in [0.05, 0.1) is 6.54 Å². The average molecular weight is 636 g/mol. The summed E-state index contributed by atoms with van der Waals surface area (Å²) in [7, 11) is -2.32. The van der Waals surface area contributed by atoms with Crippen LogP contribution in [0.3, 0.4) is 0 Å². The molecular formula is C37H45N5O3Si. The molecule has 0 radical (unpaired) electrons. The van der Waals surface area contributed by atoms with E-state index in [-0.39, 0.29) is 10.9 Å². The van der Waals surface area contributed by atoms with Gasteiger partial charge in [-0.25, -0.2) is 4.98 Å². The lowest BCUT2D eigenvalue weighted by atomic mass is 9.96. The number of ether oxygens (including phenoxy) is 1. The van der Waals surface area contributed by atoms with E-state index in [0.717, 1.165) is 57.6 Å². The SMILES string of the molecule is CC(C)c1ccc(COc2ccc(-c3c(-c4ccnc5[nH]ccc45)nn4c3C(=O)N(CCCC(C)(C)[Si](C)(C)O)CC4)cc2)cc1. The lowest BCUT2D eigenvalue weighted by Gasteiger charge is -2.36. The highest BCUT2D eigenvalue weighted by atomic mass is 28.4. The number of hydrogen-bond donors (Lipinski definition) is 2. The molecule has 4 heterocycles. The van der Waals surface area contributed by atoms with Gasteiger partial charge in [0.1, 0.15) is 29.4 Å². The monoisotopic (exact) mass is 635 g/mol. The Bertz CT molecular complexity index is 1830. The third-order valence-corrected chi connectivity index (χ3v) is 13.4. The van der Waals surface area contributed by atoms with Gasteiger partial charge in [0.2, 0.25) is 0 Å². The summed E-state index contributed by atoms with van der Waals surface area (Å²) in [6.07, 6.45) is 5.37. The molecule has 5 aromatic rings. The summed E-state index contributed by atoms with van der Waals surface area (Å²) >= 11 is 0. The number of carbonyl (C=O) groups is 1. The van der Waals surface area contributed by atoms with Crippen molar-refractivity contribution in [1.29, 1.82) is 0 Å². The number of nitrogens with zero attached hydrogens (tertiary/aromatic N) is 4. The minimum atomic E-state index is -2.32. The molecule has 0 bridgehead atoms. The summed E-state index contributed by atoms with van der Waals surface area (Å²) in [5, 5.41) is 5.88. The van der Waals surface area contributed by atoms with Crippen LogP contribution in [0.5, 0.6) is 5.75 Å². The molecule has 0 saturated heterocycles. The van der Waals surface area contributed by atoms with Crippen molar-refractivity contribution >= 4 is 25.3 Å². The first-order chi connectivity index (χ1) is 21.9. The third kappa shape index (κ3) is 6.26. The highest BCUT2D eigenvalue weighted by Crippen LogP contribution is 2.41. The van der Waals surface area contributed by atoms with Crippen LogP contribution < -0.4 is 4.74 Å². The molecule has 2 aromatic carbocycles. The molecule has 0 unspecified atom stereocenters. The van der Waals surface area contributed by atoms with E-state index in [4.69, 9.17) is 9.84 Å². The number of pyridine rings is 1. The number of aromatic nitrogens is 4. The molecule has 46 heavy (non-hydrogen) atoms. The van der Waals surface area contributed by atoms with Gasteiger partial charge in [-0.2, -0.15) is 5.10 Å². The minimum absolute atomic E-state index is 0.0113. The lowest BCUT2D eigenvalue weighted by molar-refractivity contribution is 0.0694. The van der Waals surface area contributed by atoms with E-state index in [9.17, 15) is 9.59 Å². The second-order valence-electron chi connectivity index (χ2n) is 13.9. The van der Waals surface area contributed by atoms with Crippen molar-refractivity contribution in [3.8, 4) is 28.1 Å². The fourth-order valence-corrected chi connectivity index (χ4v) is 6.84. The van der Waals surface area contributed by atoms with E-state index < -0.39 is 8.32 Å². The first-order valence-corrected chi connectivity index (χ1v) is 19.2. The van der Waals surface area contributed by atoms with Crippen molar-refractivity contribution in [2.75, 3.05) is 13.1 Å². The number of H-pyrrole nitrogens is 1. The summed E-state index contributed by atoms with van der Waals surface area (Å²) in [5.74, 6) is 1.25. The van der Waals surface area contributed by atoms with Crippen molar-refractivity contribution in [3.05, 3.63) is 89.9 Å². The first-order valence-electron chi connectivity index (χ1n) is 16.3. The van der Waals surface area contributed by atoms with E-state index in [1.807, 2.05) is 65.3 Å². The van der Waals surface area contributed by atoms with Crippen molar-refractivity contribution in [2.45, 2.75) is 77.7 Å². The van der Waals surface area contributed by atoms with Gasteiger partial charge < -0.3 is 19.4 Å². The largest absolute Gasteiger partial charge is 0.489 e. The van der Waals surface area contributed by atoms with Crippen LogP contribution in [0.4, 0.5) is 0 Å². The molecule has 1 aliphatic rings. The Morgan fingerprint density at radius 3 is 2.46 bits per heavy atom. The number of rotatable bonds is 11. The molecule has 0 atom stereocenters. The summed E-state index contributed by atoms with van der Waals surface area (Å²) in [4.78, 5) is 34.6. The van der Waals surface area contributed by atoms with Crippen LogP contribution in [-0.4, -0.2) is 56.8 Å². The molecule has 0 aliphatic carbocycles. The number of aromatic amines is 1. The molecule has 6 rings (SSSR count). The van der Waals surface area contributed by atoms with Crippen molar-refractivity contribution in [2.24, 2.45) is 0 Å². The maximum absolute atomic E-state index is 14.2.